The molecule has 2 aliphatic heterocycles. The molecule has 2 amide bonds. The number of pyridine rings is 1. The van der Waals surface area contributed by atoms with E-state index in [1.54, 1.807) is 0 Å². The lowest BCUT2D eigenvalue weighted by molar-refractivity contribution is -0.138. The summed E-state index contributed by atoms with van der Waals surface area (Å²) in [6, 6.07) is -3.74. The van der Waals surface area contributed by atoms with Gasteiger partial charge in [0.15, 0.2) is 6.04 Å². The van der Waals surface area contributed by atoms with Crippen LogP contribution in [0.3, 0.4) is 0 Å². The maximum Gasteiger partial charge on any atom is 0.408 e. The van der Waals surface area contributed by atoms with Gasteiger partial charge in [-0.05, 0) is 39.7 Å². The van der Waals surface area contributed by atoms with Crippen molar-refractivity contribution < 1.29 is 41.4 Å². The van der Waals surface area contributed by atoms with Gasteiger partial charge in [0.05, 0.1) is 35.9 Å². The average molecular weight is 580 g/mol. The largest absolute Gasteiger partial charge is 0.408 e. The van der Waals surface area contributed by atoms with Crippen molar-refractivity contribution in [1.82, 2.24) is 15.2 Å². The molecule has 5 atom stereocenters. The molecule has 1 unspecified atom stereocenters. The smallest absolute Gasteiger partial charge is 0.388 e. The molecule has 9 nitrogen and oxygen atoms in total. The first-order valence-electron chi connectivity index (χ1n) is 12.3. The number of aliphatic imine (C=N–C) groups is 1. The van der Waals surface area contributed by atoms with Gasteiger partial charge in [0.25, 0.3) is 18.2 Å². The Morgan fingerprint density at radius 3 is 2.54 bits per heavy atom. The molecule has 0 saturated carbocycles. The summed E-state index contributed by atoms with van der Waals surface area (Å²) in [6.45, 7) is 4.42. The molecule has 1 aromatic heterocycles. The Hall–Kier alpha value is -2.78. The highest BCUT2D eigenvalue weighted by molar-refractivity contribution is 7.81. The normalized spacial score (nSPS) is 23.6. The van der Waals surface area contributed by atoms with Gasteiger partial charge in [-0.25, -0.2) is 13.8 Å². The van der Waals surface area contributed by atoms with Crippen LogP contribution in [0.4, 0.5) is 27.8 Å². The summed E-state index contributed by atoms with van der Waals surface area (Å²) >= 11 is 5.44. The number of aliphatic hydroxyl groups excluding tert-OH is 1. The molecule has 0 radical (unpaired) electrons. The molecule has 0 spiro atoms. The van der Waals surface area contributed by atoms with Crippen LogP contribution in [0, 0.1) is 0 Å². The first kappa shape index (κ1) is 30.8. The monoisotopic (exact) mass is 579 g/mol. The van der Waals surface area contributed by atoms with Gasteiger partial charge in [0.1, 0.15) is 11.9 Å². The van der Waals surface area contributed by atoms with Crippen LogP contribution in [-0.2, 0) is 14.3 Å². The van der Waals surface area contributed by atoms with E-state index in [4.69, 9.17) is 17.0 Å². The van der Waals surface area contributed by atoms with Crippen LogP contribution in [0.1, 0.15) is 51.2 Å². The van der Waals surface area contributed by atoms with Gasteiger partial charge in [-0.2, -0.15) is 13.2 Å². The fraction of sp³-hybridized carbons (Fsp3) is 0.625. The predicted molar refractivity (Wildman–Crippen MR) is 136 cm³/mol. The number of thiocarbonyl (C=S) groups is 1. The molecule has 15 heteroatoms. The van der Waals surface area contributed by atoms with Crippen LogP contribution in [0.2, 0.25) is 0 Å². The van der Waals surface area contributed by atoms with Crippen molar-refractivity contribution in [3.63, 3.8) is 0 Å². The second kappa shape index (κ2) is 12.6. The zero-order valence-corrected chi connectivity index (χ0v) is 22.3. The fourth-order valence-corrected chi connectivity index (χ4v) is 4.56. The minimum Gasteiger partial charge on any atom is -0.388 e. The summed E-state index contributed by atoms with van der Waals surface area (Å²) in [4.78, 5) is 35.4. The molecule has 0 bridgehead atoms. The van der Waals surface area contributed by atoms with Gasteiger partial charge in [-0.1, -0.05) is 12.2 Å². The van der Waals surface area contributed by atoms with E-state index in [9.17, 15) is 36.6 Å². The van der Waals surface area contributed by atoms with Crippen molar-refractivity contribution in [2.24, 2.45) is 4.99 Å². The van der Waals surface area contributed by atoms with E-state index in [0.29, 0.717) is 19.4 Å². The molecule has 2 fully saturated rings. The quantitative estimate of drug-likeness (QED) is 0.178. The van der Waals surface area contributed by atoms with Crippen LogP contribution >= 0.6 is 12.2 Å². The maximum atomic E-state index is 14.1. The van der Waals surface area contributed by atoms with E-state index in [1.165, 1.54) is 11.8 Å². The molecule has 2 saturated heterocycles. The third-order valence-corrected chi connectivity index (χ3v) is 7.07. The molecule has 0 aliphatic carbocycles. The van der Waals surface area contributed by atoms with Crippen molar-refractivity contribution in [1.29, 1.82) is 0 Å². The van der Waals surface area contributed by atoms with Crippen LogP contribution in [0.15, 0.2) is 17.3 Å². The van der Waals surface area contributed by atoms with E-state index in [-0.39, 0.29) is 35.4 Å². The summed E-state index contributed by atoms with van der Waals surface area (Å²) in [6.07, 6.45) is -6.45. The Balaban J connectivity index is 1.96. The number of rotatable bonds is 9. The number of carbonyl (C=O) groups is 2. The van der Waals surface area contributed by atoms with Crippen molar-refractivity contribution in [3.8, 4) is 0 Å². The molecule has 0 aromatic carbocycles. The van der Waals surface area contributed by atoms with E-state index < -0.39 is 60.0 Å². The summed E-state index contributed by atoms with van der Waals surface area (Å²) in [5.74, 6) is -1.77. The number of anilines is 1. The minimum atomic E-state index is -4.64. The molecule has 3 heterocycles. The molecular formula is C24H30F5N5O4S. The van der Waals surface area contributed by atoms with Crippen LogP contribution in [-0.4, -0.2) is 93.6 Å². The number of ether oxygens (including phenoxy) is 1. The Kier molecular flexibility index (Phi) is 9.93. The third kappa shape index (κ3) is 7.45. The van der Waals surface area contributed by atoms with Crippen molar-refractivity contribution in [3.05, 3.63) is 23.4 Å². The average Bonchev–Trinajstić information content (AvgIpc) is 3.48. The minimum absolute atomic E-state index is 0.0369. The van der Waals surface area contributed by atoms with E-state index >= 15 is 0 Å². The first-order valence-corrected chi connectivity index (χ1v) is 12.7. The zero-order chi connectivity index (χ0) is 29.1. The highest BCUT2D eigenvalue weighted by Gasteiger charge is 2.38. The van der Waals surface area contributed by atoms with Gasteiger partial charge in [0, 0.05) is 29.9 Å². The van der Waals surface area contributed by atoms with Crippen LogP contribution < -0.4 is 10.6 Å². The predicted octanol–water partition coefficient (Wildman–Crippen LogP) is 2.82. The number of hydrogen-bond acceptors (Lipinski definition) is 8. The third-order valence-electron chi connectivity index (χ3n) is 6.63. The molecular weight excluding hydrogens is 549 g/mol. The lowest BCUT2D eigenvalue weighted by Crippen LogP contribution is -2.47. The first-order chi connectivity index (χ1) is 18.2. The zero-order valence-electron chi connectivity index (χ0n) is 21.5. The second-order valence-corrected chi connectivity index (χ2v) is 9.99. The van der Waals surface area contributed by atoms with Gasteiger partial charge < -0.3 is 25.4 Å². The number of nitrogens with one attached hydrogen (secondary N) is 2. The summed E-state index contributed by atoms with van der Waals surface area (Å²) in [7, 11) is 0. The standard InChI is InChI=1S/C24H30F5N5O4S/c1-11-5-4-6-34(11)23(37)19(31-12(2)22(36)33-16-9-38-10-17(16)35)20(39)15-8-30-18(7-14(15)21(25)26)32-13(3)24(27,28)29/h7-8,11,13,16-17,19,21,35H,4-6,9-10H2,1-3H3,(H,30,32)(H,33,36)/b31-12+/t11-,13-,16+,17+,19?/m0/s1. The Labute approximate surface area is 227 Å². The number of alkyl halides is 5. The highest BCUT2D eigenvalue weighted by Crippen LogP contribution is 2.30. The van der Waals surface area contributed by atoms with Crippen LogP contribution in [0.5, 0.6) is 0 Å². The second-order valence-electron chi connectivity index (χ2n) is 9.55. The molecule has 2 aliphatic rings. The Morgan fingerprint density at radius 1 is 1.31 bits per heavy atom. The molecule has 1 aromatic rings. The van der Waals surface area contributed by atoms with E-state index in [1.807, 2.05) is 12.2 Å². The SMILES string of the molecule is C/C(=N\C(C(=O)N1CCC[C@@H]1C)C(=S)c1cnc(N[C@@H](C)C(F)(F)F)cc1C(F)F)C(=O)N[C@@H]1COC[C@H]1O. The topological polar surface area (TPSA) is 116 Å². The number of carbonyl (C=O) groups excluding carboxylic acids is 2. The number of amides is 2. The maximum absolute atomic E-state index is 14.1. The van der Waals surface area contributed by atoms with E-state index in [2.05, 4.69) is 15.3 Å². The number of hydrogen-bond donors (Lipinski definition) is 3. The molecule has 3 N–H and O–H groups in total. The van der Waals surface area contributed by atoms with Gasteiger partial charge in [0.2, 0.25) is 0 Å². The van der Waals surface area contributed by atoms with Crippen molar-refractivity contribution >= 4 is 40.4 Å². The molecule has 39 heavy (non-hydrogen) atoms. The molecule has 216 valence electrons. The summed E-state index contributed by atoms with van der Waals surface area (Å²) < 4.78 is 72.0. The van der Waals surface area contributed by atoms with Crippen molar-refractivity contribution in [2.75, 3.05) is 25.1 Å². The Bertz CT molecular complexity index is 1120. The van der Waals surface area contributed by atoms with Gasteiger partial charge in [-0.3, -0.25) is 14.6 Å². The number of likely N-dealkylation sites (tertiary alicyclic amines) is 1. The number of halogens is 5. The van der Waals surface area contributed by atoms with E-state index in [0.717, 1.165) is 19.2 Å². The number of aromatic nitrogens is 1. The lowest BCUT2D eigenvalue weighted by Gasteiger charge is -2.26. The summed E-state index contributed by atoms with van der Waals surface area (Å²) in [5, 5.41) is 14.5. The number of aliphatic hydroxyl groups is 1. The fourth-order valence-electron chi connectivity index (χ4n) is 4.24. The summed E-state index contributed by atoms with van der Waals surface area (Å²) in [5.41, 5.74) is -1.26. The number of nitrogens with zero attached hydrogens (tertiary/aromatic N) is 3. The van der Waals surface area contributed by atoms with Gasteiger partial charge in [-0.15, -0.1) is 0 Å². The highest BCUT2D eigenvalue weighted by atomic mass is 32.1. The Morgan fingerprint density at radius 2 is 2.00 bits per heavy atom. The molecule has 3 rings (SSSR count). The van der Waals surface area contributed by atoms with Crippen LogP contribution in [0.25, 0.3) is 0 Å². The lowest BCUT2D eigenvalue weighted by atomic mass is 10.0. The van der Waals surface area contributed by atoms with Gasteiger partial charge >= 0.3 is 6.18 Å². The van der Waals surface area contributed by atoms with Crippen molar-refractivity contribution in [2.45, 2.75) is 76.5 Å².